The predicted octanol–water partition coefficient (Wildman–Crippen LogP) is 5.71. The molecule has 0 bridgehead atoms. The normalized spacial score (nSPS) is 11.4. The van der Waals surface area contributed by atoms with E-state index < -0.39 is 10.0 Å². The molecule has 0 atom stereocenters. The molecule has 0 aliphatic rings. The van der Waals surface area contributed by atoms with Gasteiger partial charge in [0, 0.05) is 63.8 Å². The van der Waals surface area contributed by atoms with Crippen LogP contribution in [-0.2, 0) is 15.4 Å². The van der Waals surface area contributed by atoms with Crippen molar-refractivity contribution in [2.24, 2.45) is 0 Å². The Bertz CT molecular complexity index is 1480. The van der Waals surface area contributed by atoms with Crippen molar-refractivity contribution < 1.29 is 17.9 Å². The van der Waals surface area contributed by atoms with E-state index in [4.69, 9.17) is 21.1 Å². The molecule has 0 aliphatic carbocycles. The third kappa shape index (κ3) is 7.08. The third-order valence-corrected chi connectivity index (χ3v) is 6.92. The summed E-state index contributed by atoms with van der Waals surface area (Å²) in [6, 6.07) is 16.8. The molecule has 2 aromatic carbocycles. The Balaban J connectivity index is 0.00000380. The van der Waals surface area contributed by atoms with Gasteiger partial charge >= 0.3 is 0 Å². The van der Waals surface area contributed by atoms with E-state index in [-0.39, 0.29) is 89.8 Å². The largest absolute Gasteiger partial charge is 0.493 e. The molecule has 4 aromatic rings. The second-order valence-electron chi connectivity index (χ2n) is 8.88. The van der Waals surface area contributed by atoms with Gasteiger partial charge in [-0.15, -0.1) is 0 Å². The van der Waals surface area contributed by atoms with Gasteiger partial charge in [0.25, 0.3) is 10.0 Å². The first-order chi connectivity index (χ1) is 17.1. The number of sulfonamides is 1. The number of benzene rings is 2. The second kappa shape index (κ2) is 12.2. The number of anilines is 1. The van der Waals surface area contributed by atoms with Gasteiger partial charge in [-0.1, -0.05) is 56.6 Å². The van der Waals surface area contributed by atoms with Crippen LogP contribution in [0.2, 0.25) is 5.15 Å². The first kappa shape index (κ1) is 29.5. The monoisotopic (exact) mass is 563 g/mol. The summed E-state index contributed by atoms with van der Waals surface area (Å²) in [5, 5.41) is -0.0772. The van der Waals surface area contributed by atoms with Crippen molar-refractivity contribution in [3.05, 3.63) is 83.8 Å². The number of pyridine rings is 1. The molecule has 37 heavy (non-hydrogen) atoms. The minimum atomic E-state index is -4.01. The Morgan fingerprint density at radius 3 is 2.14 bits per heavy atom. The van der Waals surface area contributed by atoms with Crippen molar-refractivity contribution in [2.45, 2.75) is 31.1 Å². The van der Waals surface area contributed by atoms with Gasteiger partial charge in [-0.3, -0.25) is 4.72 Å². The molecule has 0 unspecified atom stereocenters. The van der Waals surface area contributed by atoms with Crippen molar-refractivity contribution in [1.82, 2.24) is 15.0 Å². The van der Waals surface area contributed by atoms with Gasteiger partial charge in [0.2, 0.25) is 0 Å². The van der Waals surface area contributed by atoms with Crippen molar-refractivity contribution in [2.75, 3.05) is 11.8 Å². The van der Waals surface area contributed by atoms with E-state index >= 15 is 0 Å². The smallest absolute Gasteiger partial charge is 0.262 e. The number of rotatable bonds is 7. The van der Waals surface area contributed by atoms with Gasteiger partial charge < -0.3 is 9.47 Å². The minimum Gasteiger partial charge on any atom is -0.493 e. The zero-order valence-electron chi connectivity index (χ0n) is 21.2. The Morgan fingerprint density at radius 2 is 1.54 bits per heavy atom. The summed E-state index contributed by atoms with van der Waals surface area (Å²) in [6.45, 7) is 6.17. The zero-order chi connectivity index (χ0) is 25.9. The van der Waals surface area contributed by atoms with Crippen LogP contribution in [0.3, 0.4) is 0 Å². The number of nitrogens with one attached hydrogen (secondary N) is 1. The van der Waals surface area contributed by atoms with Crippen LogP contribution in [0.15, 0.2) is 78.0 Å². The van der Waals surface area contributed by atoms with Gasteiger partial charge in [0.05, 0.1) is 17.7 Å². The summed E-state index contributed by atoms with van der Waals surface area (Å²) in [5.41, 5.74) is 1.24. The summed E-state index contributed by atoms with van der Waals surface area (Å²) >= 11 is 6.51. The first-order valence-electron chi connectivity index (χ1n) is 11.0. The first-order valence-corrected chi connectivity index (χ1v) is 12.9. The molecular formula is C26H25ClKN4O4S. The summed E-state index contributed by atoms with van der Waals surface area (Å²) in [4.78, 5) is 12.8. The van der Waals surface area contributed by atoms with Crippen molar-refractivity contribution >= 4 is 78.7 Å². The third-order valence-electron chi connectivity index (χ3n) is 5.28. The Kier molecular flexibility index (Phi) is 9.73. The second-order valence-corrected chi connectivity index (χ2v) is 10.9. The fourth-order valence-electron chi connectivity index (χ4n) is 3.37. The van der Waals surface area contributed by atoms with Crippen LogP contribution >= 0.6 is 11.6 Å². The number of para-hydroxylation sites is 2. The van der Waals surface area contributed by atoms with E-state index in [2.05, 4.69) is 40.4 Å². The van der Waals surface area contributed by atoms with E-state index in [1.165, 1.54) is 13.2 Å². The number of aromatic nitrogens is 3. The van der Waals surface area contributed by atoms with Crippen molar-refractivity contribution in [3.63, 3.8) is 0 Å². The molecule has 0 spiro atoms. The molecule has 0 saturated heterocycles. The van der Waals surface area contributed by atoms with Gasteiger partial charge in [-0.2, -0.15) is 0 Å². The Morgan fingerprint density at radius 1 is 0.919 bits per heavy atom. The molecule has 0 aliphatic heterocycles. The van der Waals surface area contributed by atoms with Gasteiger partial charge in [0.1, 0.15) is 5.69 Å². The number of hydrogen-bond donors (Lipinski definition) is 1. The van der Waals surface area contributed by atoms with Gasteiger partial charge in [0.15, 0.2) is 28.2 Å². The number of halogens is 1. The molecule has 8 nitrogen and oxygen atoms in total. The molecule has 11 heteroatoms. The summed E-state index contributed by atoms with van der Waals surface area (Å²) in [5.74, 6) is 1.06. The van der Waals surface area contributed by atoms with Crippen LogP contribution in [0.5, 0.6) is 17.2 Å². The molecule has 1 radical (unpaired) electrons. The molecule has 2 heterocycles. The number of nitrogens with zero attached hydrogens (tertiary/aromatic N) is 3. The maximum absolute atomic E-state index is 13.4. The van der Waals surface area contributed by atoms with Gasteiger partial charge in [-0.25, -0.2) is 23.4 Å². The molecule has 0 saturated carbocycles. The van der Waals surface area contributed by atoms with Crippen LogP contribution in [-0.4, -0.2) is 81.9 Å². The van der Waals surface area contributed by atoms with Crippen LogP contribution in [0, 0.1) is 0 Å². The standard InChI is InChI=1S/C26H25ClN4O4S.K/c1-26(2,3)17-10-12-18(13-11-17)36(32,33)31-19-16-20(25-28-14-7-15-29-25)30-24(27)23(19)35-22-9-6-5-8-21(22)34-4;/h5-16H,1-4H3,(H,30,31);. The molecule has 4 rings (SSSR count). The maximum atomic E-state index is 13.4. The summed E-state index contributed by atoms with van der Waals surface area (Å²) in [6.07, 6.45) is 3.11. The number of hydrogen-bond acceptors (Lipinski definition) is 7. The number of methoxy groups -OCH3 is 1. The SMILES string of the molecule is COc1ccccc1Oc1c(NS(=O)(=O)c2ccc(C(C)(C)C)cc2)cc(-c2ncccn2)nc1Cl.[K]. The van der Waals surface area contributed by atoms with E-state index in [1.54, 1.807) is 67.0 Å². The summed E-state index contributed by atoms with van der Waals surface area (Å²) in [7, 11) is -2.51. The molecule has 1 N–H and O–H groups in total. The fourth-order valence-corrected chi connectivity index (χ4v) is 4.66. The molecule has 187 valence electrons. The fraction of sp³-hybridized carbons (Fsp3) is 0.192. The minimum absolute atomic E-state index is 0. The van der Waals surface area contributed by atoms with Crippen LogP contribution in [0.4, 0.5) is 5.69 Å². The zero-order valence-corrected chi connectivity index (χ0v) is 25.9. The summed E-state index contributed by atoms with van der Waals surface area (Å²) < 4.78 is 40.7. The molecule has 2 aromatic heterocycles. The average molecular weight is 564 g/mol. The number of ether oxygens (including phenoxy) is 2. The maximum Gasteiger partial charge on any atom is 0.262 e. The predicted molar refractivity (Wildman–Crippen MR) is 145 cm³/mol. The topological polar surface area (TPSA) is 103 Å². The van der Waals surface area contributed by atoms with Crippen molar-refractivity contribution in [3.8, 4) is 28.8 Å². The average Bonchev–Trinajstić information content (AvgIpc) is 2.86. The molecule has 0 amide bonds. The quantitative estimate of drug-likeness (QED) is 0.227. The Labute approximate surface area is 264 Å². The van der Waals surface area contributed by atoms with Gasteiger partial charge in [-0.05, 0) is 47.4 Å². The molecular weight excluding hydrogens is 539 g/mol. The van der Waals surface area contributed by atoms with E-state index in [9.17, 15) is 8.42 Å². The van der Waals surface area contributed by atoms with Crippen molar-refractivity contribution in [1.29, 1.82) is 0 Å². The van der Waals surface area contributed by atoms with E-state index in [0.29, 0.717) is 11.5 Å². The van der Waals surface area contributed by atoms with Crippen LogP contribution in [0.25, 0.3) is 11.5 Å². The molecule has 0 fully saturated rings. The van der Waals surface area contributed by atoms with E-state index in [0.717, 1.165) is 5.56 Å². The Hall–Kier alpha value is -2.05. The van der Waals surface area contributed by atoms with E-state index in [1.807, 2.05) is 0 Å². The van der Waals surface area contributed by atoms with Crippen LogP contribution < -0.4 is 14.2 Å². The van der Waals surface area contributed by atoms with Crippen LogP contribution in [0.1, 0.15) is 26.3 Å².